The number of rotatable bonds is 3. The van der Waals surface area contributed by atoms with E-state index in [0.717, 1.165) is 13.1 Å². The molecule has 1 atom stereocenters. The summed E-state index contributed by atoms with van der Waals surface area (Å²) in [4.78, 5) is 11.4. The topological polar surface area (TPSA) is 38.3 Å². The molecule has 0 aromatic heterocycles. The van der Waals surface area contributed by atoms with E-state index in [-0.39, 0.29) is 5.97 Å². The average molecular weight is 219 g/mol. The molecule has 0 unspecified atom stereocenters. The van der Waals surface area contributed by atoms with Crippen LogP contribution in [0.3, 0.4) is 0 Å². The Labute approximate surface area is 95.8 Å². The summed E-state index contributed by atoms with van der Waals surface area (Å²) in [7, 11) is 0. The standard InChI is InChI=1S/C13H17NO2/c1-2-16-13(15)11-5-3-10(4-6-11)12-7-8-14-9-12/h3-6,12,14H,2,7-9H2,1H3/t12-/m0/s1. The maximum absolute atomic E-state index is 11.4. The van der Waals surface area contributed by atoms with Crippen molar-refractivity contribution in [2.24, 2.45) is 0 Å². The molecule has 2 rings (SSSR count). The Morgan fingerprint density at radius 3 is 2.75 bits per heavy atom. The van der Waals surface area contributed by atoms with Crippen molar-refractivity contribution in [3.8, 4) is 0 Å². The van der Waals surface area contributed by atoms with Crippen LogP contribution in [0, 0.1) is 0 Å². The molecule has 0 saturated carbocycles. The monoisotopic (exact) mass is 219 g/mol. The molecule has 1 saturated heterocycles. The molecule has 3 nitrogen and oxygen atoms in total. The minimum absolute atomic E-state index is 0.237. The molecule has 0 radical (unpaired) electrons. The number of ether oxygens (including phenoxy) is 1. The lowest BCUT2D eigenvalue weighted by atomic mass is 9.97. The number of esters is 1. The number of carbonyl (C=O) groups excluding carboxylic acids is 1. The highest BCUT2D eigenvalue weighted by atomic mass is 16.5. The van der Waals surface area contributed by atoms with Gasteiger partial charge in [-0.05, 0) is 43.5 Å². The zero-order chi connectivity index (χ0) is 11.4. The van der Waals surface area contributed by atoms with Gasteiger partial charge in [-0.25, -0.2) is 4.79 Å². The lowest BCUT2D eigenvalue weighted by Gasteiger charge is -2.09. The molecule has 0 amide bonds. The molecule has 1 fully saturated rings. The molecule has 1 aliphatic heterocycles. The van der Waals surface area contributed by atoms with Gasteiger partial charge < -0.3 is 10.1 Å². The highest BCUT2D eigenvalue weighted by Crippen LogP contribution is 2.22. The number of hydrogen-bond acceptors (Lipinski definition) is 3. The van der Waals surface area contributed by atoms with Gasteiger partial charge in [-0.3, -0.25) is 0 Å². The van der Waals surface area contributed by atoms with Gasteiger partial charge in [0.1, 0.15) is 0 Å². The number of benzene rings is 1. The van der Waals surface area contributed by atoms with Gasteiger partial charge in [-0.1, -0.05) is 12.1 Å². The molecule has 0 spiro atoms. The first kappa shape index (κ1) is 11.1. The van der Waals surface area contributed by atoms with Crippen molar-refractivity contribution in [3.05, 3.63) is 35.4 Å². The molecule has 1 N–H and O–H groups in total. The van der Waals surface area contributed by atoms with Crippen LogP contribution in [0.2, 0.25) is 0 Å². The van der Waals surface area contributed by atoms with Crippen LogP contribution in [0.25, 0.3) is 0 Å². The van der Waals surface area contributed by atoms with E-state index in [1.807, 2.05) is 31.2 Å². The number of carbonyl (C=O) groups is 1. The zero-order valence-electron chi connectivity index (χ0n) is 9.53. The van der Waals surface area contributed by atoms with Crippen molar-refractivity contribution >= 4 is 5.97 Å². The van der Waals surface area contributed by atoms with Gasteiger partial charge in [-0.15, -0.1) is 0 Å². The summed E-state index contributed by atoms with van der Waals surface area (Å²) in [5.41, 5.74) is 1.94. The molecular weight excluding hydrogens is 202 g/mol. The largest absolute Gasteiger partial charge is 0.462 e. The first-order chi connectivity index (χ1) is 7.81. The molecule has 0 bridgehead atoms. The van der Waals surface area contributed by atoms with Gasteiger partial charge in [0.15, 0.2) is 0 Å². The molecule has 1 aromatic rings. The van der Waals surface area contributed by atoms with E-state index in [1.54, 1.807) is 0 Å². The molecule has 0 aliphatic carbocycles. The van der Waals surface area contributed by atoms with Gasteiger partial charge >= 0.3 is 5.97 Å². The average Bonchev–Trinajstić information content (AvgIpc) is 2.83. The summed E-state index contributed by atoms with van der Waals surface area (Å²) >= 11 is 0. The molecule has 16 heavy (non-hydrogen) atoms. The summed E-state index contributed by atoms with van der Waals surface area (Å²) in [5.74, 6) is 0.356. The first-order valence-corrected chi connectivity index (χ1v) is 5.79. The Morgan fingerprint density at radius 2 is 2.19 bits per heavy atom. The molecule has 1 aromatic carbocycles. The van der Waals surface area contributed by atoms with Crippen molar-refractivity contribution in [1.29, 1.82) is 0 Å². The summed E-state index contributed by atoms with van der Waals surface area (Å²) in [6, 6.07) is 7.77. The van der Waals surface area contributed by atoms with Crippen molar-refractivity contribution in [1.82, 2.24) is 5.32 Å². The zero-order valence-corrected chi connectivity index (χ0v) is 9.53. The molecule has 1 aliphatic rings. The van der Waals surface area contributed by atoms with Crippen molar-refractivity contribution in [2.45, 2.75) is 19.3 Å². The minimum Gasteiger partial charge on any atom is -0.462 e. The van der Waals surface area contributed by atoms with Gasteiger partial charge in [-0.2, -0.15) is 0 Å². The van der Waals surface area contributed by atoms with Crippen LogP contribution in [0.5, 0.6) is 0 Å². The Hall–Kier alpha value is -1.35. The van der Waals surface area contributed by atoms with Gasteiger partial charge in [0, 0.05) is 6.54 Å². The van der Waals surface area contributed by atoms with E-state index in [9.17, 15) is 4.79 Å². The second-order valence-corrected chi connectivity index (χ2v) is 4.03. The summed E-state index contributed by atoms with van der Waals surface area (Å²) in [5, 5.41) is 3.34. The van der Waals surface area contributed by atoms with E-state index in [1.165, 1.54) is 12.0 Å². The third kappa shape index (κ3) is 2.42. The fourth-order valence-corrected chi connectivity index (χ4v) is 2.04. The smallest absolute Gasteiger partial charge is 0.338 e. The Morgan fingerprint density at radius 1 is 1.44 bits per heavy atom. The SMILES string of the molecule is CCOC(=O)c1ccc([C@H]2CCNC2)cc1. The fourth-order valence-electron chi connectivity index (χ4n) is 2.04. The summed E-state index contributed by atoms with van der Waals surface area (Å²) < 4.78 is 4.94. The normalized spacial score (nSPS) is 19.7. The van der Waals surface area contributed by atoms with Crippen LogP contribution in [0.15, 0.2) is 24.3 Å². The summed E-state index contributed by atoms with van der Waals surface area (Å²) in [6.07, 6.45) is 1.18. The molecule has 3 heteroatoms. The van der Waals surface area contributed by atoms with Crippen LogP contribution in [0.1, 0.15) is 35.2 Å². The number of hydrogen-bond donors (Lipinski definition) is 1. The van der Waals surface area contributed by atoms with Crippen LogP contribution >= 0.6 is 0 Å². The molecule has 1 heterocycles. The van der Waals surface area contributed by atoms with E-state index >= 15 is 0 Å². The quantitative estimate of drug-likeness (QED) is 0.789. The summed E-state index contributed by atoms with van der Waals surface area (Å²) in [6.45, 7) is 4.37. The molecule has 86 valence electrons. The predicted molar refractivity (Wildman–Crippen MR) is 62.6 cm³/mol. The van der Waals surface area contributed by atoms with Gasteiger partial charge in [0.25, 0.3) is 0 Å². The second kappa shape index (κ2) is 5.12. The first-order valence-electron chi connectivity index (χ1n) is 5.79. The van der Waals surface area contributed by atoms with E-state index < -0.39 is 0 Å². The van der Waals surface area contributed by atoms with Crippen molar-refractivity contribution < 1.29 is 9.53 Å². The van der Waals surface area contributed by atoms with E-state index in [4.69, 9.17) is 4.74 Å². The lowest BCUT2D eigenvalue weighted by Crippen LogP contribution is -2.08. The predicted octanol–water partition coefficient (Wildman–Crippen LogP) is 1.94. The van der Waals surface area contributed by atoms with Gasteiger partial charge in [0.05, 0.1) is 12.2 Å². The lowest BCUT2D eigenvalue weighted by molar-refractivity contribution is 0.0526. The third-order valence-electron chi connectivity index (χ3n) is 2.95. The highest BCUT2D eigenvalue weighted by molar-refractivity contribution is 5.89. The van der Waals surface area contributed by atoms with Crippen LogP contribution < -0.4 is 5.32 Å². The Kier molecular flexibility index (Phi) is 3.57. The maximum atomic E-state index is 11.4. The fraction of sp³-hybridized carbons (Fsp3) is 0.462. The van der Waals surface area contributed by atoms with Crippen LogP contribution in [-0.2, 0) is 4.74 Å². The minimum atomic E-state index is -0.237. The van der Waals surface area contributed by atoms with Gasteiger partial charge in [0.2, 0.25) is 0 Å². The number of nitrogens with one attached hydrogen (secondary N) is 1. The van der Waals surface area contributed by atoms with Crippen molar-refractivity contribution in [2.75, 3.05) is 19.7 Å². The highest BCUT2D eigenvalue weighted by Gasteiger charge is 2.16. The second-order valence-electron chi connectivity index (χ2n) is 4.03. The maximum Gasteiger partial charge on any atom is 0.338 e. The van der Waals surface area contributed by atoms with Crippen LogP contribution in [0.4, 0.5) is 0 Å². The third-order valence-corrected chi connectivity index (χ3v) is 2.95. The van der Waals surface area contributed by atoms with Crippen LogP contribution in [-0.4, -0.2) is 25.7 Å². The Bertz CT molecular complexity index is 353. The Balaban J connectivity index is 2.06. The molecular formula is C13H17NO2. The van der Waals surface area contributed by atoms with E-state index in [2.05, 4.69) is 5.32 Å². The van der Waals surface area contributed by atoms with E-state index in [0.29, 0.717) is 18.1 Å². The van der Waals surface area contributed by atoms with Crippen molar-refractivity contribution in [3.63, 3.8) is 0 Å².